The first-order valence-corrected chi connectivity index (χ1v) is 6.94. The van der Waals surface area contributed by atoms with Gasteiger partial charge in [0.25, 0.3) is 0 Å². The molecule has 0 aliphatic heterocycles. The van der Waals surface area contributed by atoms with Gasteiger partial charge in [0.15, 0.2) is 5.82 Å². The number of hydrogen-bond donors (Lipinski definition) is 2. The van der Waals surface area contributed by atoms with Crippen LogP contribution < -0.4 is 5.32 Å². The molecule has 6 heteroatoms. The molecule has 2 aromatic rings. The Hall–Kier alpha value is -1.79. The van der Waals surface area contributed by atoms with Crippen LogP contribution in [0.15, 0.2) is 28.8 Å². The third-order valence-electron chi connectivity index (χ3n) is 3.26. The van der Waals surface area contributed by atoms with E-state index in [0.717, 1.165) is 0 Å². The molecular weight excluding hydrogens is 273 g/mol. The molecule has 21 heavy (non-hydrogen) atoms. The molecular formula is C15H20FN3O2. The first-order chi connectivity index (χ1) is 9.97. The Bertz CT molecular complexity index is 569. The second kappa shape index (κ2) is 6.78. The number of aliphatic hydroxyl groups is 1. The number of aliphatic hydroxyl groups excluding tert-OH is 1. The number of rotatable bonds is 6. The summed E-state index contributed by atoms with van der Waals surface area (Å²) in [5.41, 5.74) is 0.660. The molecule has 5 nitrogen and oxygen atoms in total. The topological polar surface area (TPSA) is 71.2 Å². The zero-order valence-corrected chi connectivity index (χ0v) is 12.4. The fourth-order valence-corrected chi connectivity index (χ4v) is 2.09. The third-order valence-corrected chi connectivity index (χ3v) is 3.26. The number of hydrogen-bond acceptors (Lipinski definition) is 5. The molecule has 0 spiro atoms. The summed E-state index contributed by atoms with van der Waals surface area (Å²) < 4.78 is 18.1. The maximum absolute atomic E-state index is 12.9. The predicted molar refractivity (Wildman–Crippen MR) is 76.0 cm³/mol. The van der Waals surface area contributed by atoms with Crippen LogP contribution in [0, 0.1) is 18.7 Å². The van der Waals surface area contributed by atoms with Gasteiger partial charge < -0.3 is 14.9 Å². The molecule has 2 atom stereocenters. The van der Waals surface area contributed by atoms with Crippen LogP contribution in [0.1, 0.15) is 43.3 Å². The molecule has 1 aromatic carbocycles. The Morgan fingerprint density at radius 2 is 1.95 bits per heavy atom. The molecule has 0 radical (unpaired) electrons. The van der Waals surface area contributed by atoms with Gasteiger partial charge in [0.05, 0.1) is 12.1 Å². The van der Waals surface area contributed by atoms with Crippen molar-refractivity contribution in [2.75, 3.05) is 6.54 Å². The van der Waals surface area contributed by atoms with Gasteiger partial charge in [0, 0.05) is 6.54 Å². The molecule has 0 aliphatic rings. The normalized spacial score (nSPS) is 14.4. The highest BCUT2D eigenvalue weighted by atomic mass is 19.1. The SMILES string of the molecule is Cc1noc(C(NCC(O)c2ccc(F)cc2)C(C)C)n1. The van der Waals surface area contributed by atoms with Crippen LogP contribution in [-0.4, -0.2) is 21.8 Å². The quantitative estimate of drug-likeness (QED) is 0.856. The van der Waals surface area contributed by atoms with Crippen LogP contribution >= 0.6 is 0 Å². The number of aryl methyl sites for hydroxylation is 1. The minimum absolute atomic E-state index is 0.138. The van der Waals surface area contributed by atoms with E-state index < -0.39 is 6.10 Å². The van der Waals surface area contributed by atoms with Gasteiger partial charge >= 0.3 is 0 Å². The van der Waals surface area contributed by atoms with Gasteiger partial charge in [-0.2, -0.15) is 4.98 Å². The van der Waals surface area contributed by atoms with Gasteiger partial charge in [-0.3, -0.25) is 0 Å². The fraction of sp³-hybridized carbons (Fsp3) is 0.467. The molecule has 114 valence electrons. The minimum atomic E-state index is -0.726. The summed E-state index contributed by atoms with van der Waals surface area (Å²) in [6.07, 6.45) is -0.726. The molecule has 0 saturated carbocycles. The van der Waals surface area contributed by atoms with Crippen LogP contribution in [0.25, 0.3) is 0 Å². The zero-order valence-electron chi connectivity index (χ0n) is 12.4. The Morgan fingerprint density at radius 3 is 2.48 bits per heavy atom. The van der Waals surface area contributed by atoms with Gasteiger partial charge in [0.1, 0.15) is 5.82 Å². The lowest BCUT2D eigenvalue weighted by molar-refractivity contribution is 0.160. The number of aromatic nitrogens is 2. The first kappa shape index (κ1) is 15.6. The molecule has 0 bridgehead atoms. The molecule has 2 unspecified atom stereocenters. The van der Waals surface area contributed by atoms with Gasteiger partial charge in [-0.15, -0.1) is 0 Å². The van der Waals surface area contributed by atoms with Gasteiger partial charge in [-0.25, -0.2) is 4.39 Å². The molecule has 0 saturated heterocycles. The Labute approximate surface area is 123 Å². The van der Waals surface area contributed by atoms with Gasteiger partial charge in [-0.1, -0.05) is 31.1 Å². The van der Waals surface area contributed by atoms with Crippen molar-refractivity contribution in [3.05, 3.63) is 47.4 Å². The van der Waals surface area contributed by atoms with Gasteiger partial charge in [0.2, 0.25) is 5.89 Å². The standard InChI is InChI=1S/C15H20FN3O2/c1-9(2)14(15-18-10(3)19-21-15)17-8-13(20)11-4-6-12(16)7-5-11/h4-7,9,13-14,17,20H,8H2,1-3H3. The molecule has 2 N–H and O–H groups in total. The highest BCUT2D eigenvalue weighted by Crippen LogP contribution is 2.21. The van der Waals surface area contributed by atoms with Gasteiger partial charge in [-0.05, 0) is 30.5 Å². The summed E-state index contributed by atoms with van der Waals surface area (Å²) in [5.74, 6) is 0.996. The first-order valence-electron chi connectivity index (χ1n) is 6.94. The molecule has 0 fully saturated rings. The highest BCUT2D eigenvalue weighted by Gasteiger charge is 2.22. The van der Waals surface area contributed by atoms with Crippen molar-refractivity contribution in [1.82, 2.24) is 15.5 Å². The highest BCUT2D eigenvalue weighted by molar-refractivity contribution is 5.18. The van der Waals surface area contributed by atoms with Crippen LogP contribution in [0.2, 0.25) is 0 Å². The van der Waals surface area contributed by atoms with Crippen LogP contribution in [-0.2, 0) is 0 Å². The lowest BCUT2D eigenvalue weighted by atomic mass is 10.0. The van der Waals surface area contributed by atoms with E-state index in [0.29, 0.717) is 23.8 Å². The van der Waals surface area contributed by atoms with E-state index in [1.165, 1.54) is 12.1 Å². The molecule has 1 aromatic heterocycles. The lowest BCUT2D eigenvalue weighted by Gasteiger charge is -2.21. The maximum atomic E-state index is 12.9. The Morgan fingerprint density at radius 1 is 1.29 bits per heavy atom. The summed E-state index contributed by atoms with van der Waals surface area (Å²) in [5, 5.41) is 17.1. The minimum Gasteiger partial charge on any atom is -0.387 e. The summed E-state index contributed by atoms with van der Waals surface area (Å²) in [6.45, 7) is 6.14. The molecule has 2 rings (SSSR count). The third kappa shape index (κ3) is 4.09. The smallest absolute Gasteiger partial charge is 0.244 e. The van der Waals surface area contributed by atoms with E-state index in [1.54, 1.807) is 19.1 Å². The Balaban J connectivity index is 2.00. The molecule has 1 heterocycles. The molecule has 0 aliphatic carbocycles. The number of benzene rings is 1. The van der Waals surface area contributed by atoms with Crippen molar-refractivity contribution in [1.29, 1.82) is 0 Å². The van der Waals surface area contributed by atoms with Crippen molar-refractivity contribution in [2.24, 2.45) is 5.92 Å². The second-order valence-corrected chi connectivity index (χ2v) is 5.38. The van der Waals surface area contributed by atoms with Crippen LogP contribution in [0.3, 0.4) is 0 Å². The monoisotopic (exact) mass is 293 g/mol. The van der Waals surface area contributed by atoms with E-state index in [9.17, 15) is 9.50 Å². The summed E-state index contributed by atoms with van der Waals surface area (Å²) in [4.78, 5) is 4.22. The van der Waals surface area contributed by atoms with Crippen LogP contribution in [0.4, 0.5) is 4.39 Å². The van der Waals surface area contributed by atoms with E-state index >= 15 is 0 Å². The van der Waals surface area contributed by atoms with E-state index in [4.69, 9.17) is 4.52 Å². The predicted octanol–water partition coefficient (Wildman–Crippen LogP) is 2.54. The second-order valence-electron chi connectivity index (χ2n) is 5.38. The number of nitrogens with zero attached hydrogens (tertiary/aromatic N) is 2. The van der Waals surface area contributed by atoms with Crippen molar-refractivity contribution in [3.63, 3.8) is 0 Å². The largest absolute Gasteiger partial charge is 0.387 e. The zero-order chi connectivity index (χ0) is 15.4. The maximum Gasteiger partial charge on any atom is 0.244 e. The van der Waals surface area contributed by atoms with Crippen molar-refractivity contribution in [2.45, 2.75) is 32.9 Å². The lowest BCUT2D eigenvalue weighted by Crippen LogP contribution is -2.30. The fourth-order valence-electron chi connectivity index (χ4n) is 2.09. The number of halogens is 1. The Kier molecular flexibility index (Phi) is 5.03. The summed E-state index contributed by atoms with van der Waals surface area (Å²) >= 11 is 0. The van der Waals surface area contributed by atoms with E-state index in [-0.39, 0.29) is 17.8 Å². The van der Waals surface area contributed by atoms with E-state index in [1.807, 2.05) is 13.8 Å². The summed E-state index contributed by atoms with van der Waals surface area (Å²) in [6, 6.07) is 5.67. The molecule has 0 amide bonds. The average Bonchev–Trinajstić information content (AvgIpc) is 2.85. The summed E-state index contributed by atoms with van der Waals surface area (Å²) in [7, 11) is 0. The van der Waals surface area contributed by atoms with Crippen molar-refractivity contribution >= 4 is 0 Å². The van der Waals surface area contributed by atoms with Crippen LogP contribution in [0.5, 0.6) is 0 Å². The average molecular weight is 293 g/mol. The van der Waals surface area contributed by atoms with Crippen molar-refractivity contribution in [3.8, 4) is 0 Å². The number of nitrogens with one attached hydrogen (secondary N) is 1. The van der Waals surface area contributed by atoms with Crippen molar-refractivity contribution < 1.29 is 14.0 Å². The van der Waals surface area contributed by atoms with E-state index in [2.05, 4.69) is 15.5 Å².